The molecular formula is C4H2F5O. The Labute approximate surface area is 52.8 Å². The summed E-state index contributed by atoms with van der Waals surface area (Å²) in [5.41, 5.74) is 0. The van der Waals surface area contributed by atoms with Gasteiger partial charge in [0.05, 0.1) is 6.42 Å². The molecule has 0 aromatic carbocycles. The maximum atomic E-state index is 11.5. The molecule has 0 aliphatic heterocycles. The zero-order valence-corrected chi connectivity index (χ0v) is 4.51. The molecule has 0 bridgehead atoms. The maximum Gasteiger partial charge on any atom is 0.453 e. The summed E-state index contributed by atoms with van der Waals surface area (Å²) in [7, 11) is 0. The minimum atomic E-state index is -5.65. The molecule has 6 heteroatoms. The zero-order valence-electron chi connectivity index (χ0n) is 4.51. The Balaban J connectivity index is 4.23. The summed E-state index contributed by atoms with van der Waals surface area (Å²) in [6.07, 6.45) is -7.09. The molecule has 0 unspecified atom stereocenters. The Kier molecular flexibility index (Phi) is 2.34. The van der Waals surface area contributed by atoms with Gasteiger partial charge in [-0.25, -0.2) is 0 Å². The summed E-state index contributed by atoms with van der Waals surface area (Å²) in [4.78, 5) is 9.16. The largest absolute Gasteiger partial charge is 0.453 e. The van der Waals surface area contributed by atoms with Crippen molar-refractivity contribution < 1.29 is 26.7 Å². The van der Waals surface area contributed by atoms with Crippen molar-refractivity contribution in [2.75, 3.05) is 0 Å². The van der Waals surface area contributed by atoms with E-state index < -0.39 is 18.5 Å². The lowest BCUT2D eigenvalue weighted by molar-refractivity contribution is -0.278. The average Bonchev–Trinajstić information content (AvgIpc) is 1.61. The molecule has 59 valence electrons. The van der Waals surface area contributed by atoms with Crippen molar-refractivity contribution in [1.82, 2.24) is 0 Å². The third kappa shape index (κ3) is 1.93. The van der Waals surface area contributed by atoms with Crippen molar-refractivity contribution in [3.8, 4) is 0 Å². The zero-order chi connectivity index (χ0) is 8.41. The highest BCUT2D eigenvalue weighted by atomic mass is 19.4. The van der Waals surface area contributed by atoms with Gasteiger partial charge in [0.15, 0.2) is 0 Å². The monoisotopic (exact) mass is 161 g/mol. The van der Waals surface area contributed by atoms with Gasteiger partial charge in [-0.3, -0.25) is 4.79 Å². The van der Waals surface area contributed by atoms with Crippen LogP contribution in [0.5, 0.6) is 0 Å². The molecule has 0 heterocycles. The Morgan fingerprint density at radius 3 is 1.60 bits per heavy atom. The Bertz CT molecular complexity index is 126. The van der Waals surface area contributed by atoms with Gasteiger partial charge < -0.3 is 0 Å². The first-order valence-corrected chi connectivity index (χ1v) is 2.11. The predicted molar refractivity (Wildman–Crippen MR) is 21.3 cm³/mol. The molecule has 0 saturated heterocycles. The molecule has 0 saturated carbocycles. The van der Waals surface area contributed by atoms with Gasteiger partial charge in [0.1, 0.15) is 0 Å². The van der Waals surface area contributed by atoms with Crippen molar-refractivity contribution in [2.24, 2.45) is 0 Å². The summed E-state index contributed by atoms with van der Waals surface area (Å²) >= 11 is 0. The van der Waals surface area contributed by atoms with Crippen LogP contribution in [0, 0.1) is 0 Å². The van der Waals surface area contributed by atoms with Crippen LogP contribution in [0.3, 0.4) is 0 Å². The Morgan fingerprint density at radius 2 is 1.50 bits per heavy atom. The third-order valence-electron chi connectivity index (χ3n) is 0.709. The number of alkyl halides is 5. The van der Waals surface area contributed by atoms with Gasteiger partial charge >= 0.3 is 12.1 Å². The molecular weight excluding hydrogens is 159 g/mol. The fourth-order valence-corrected chi connectivity index (χ4v) is 0.191. The van der Waals surface area contributed by atoms with Crippen LogP contribution in [0.2, 0.25) is 0 Å². The average molecular weight is 161 g/mol. The second-order valence-corrected chi connectivity index (χ2v) is 1.52. The first kappa shape index (κ1) is 9.32. The van der Waals surface area contributed by atoms with Crippen molar-refractivity contribution >= 4 is 6.29 Å². The van der Waals surface area contributed by atoms with Crippen LogP contribution < -0.4 is 0 Å². The van der Waals surface area contributed by atoms with Crippen LogP contribution >= 0.6 is 0 Å². The van der Waals surface area contributed by atoms with E-state index in [-0.39, 0.29) is 0 Å². The summed E-state index contributed by atoms with van der Waals surface area (Å²) in [5.74, 6) is -4.94. The first-order valence-electron chi connectivity index (χ1n) is 2.11. The lowest BCUT2D eigenvalue weighted by atomic mass is 10.2. The van der Waals surface area contributed by atoms with Crippen LogP contribution in [0.1, 0.15) is 6.42 Å². The lowest BCUT2D eigenvalue weighted by Gasteiger charge is -2.15. The van der Waals surface area contributed by atoms with Gasteiger partial charge in [-0.15, -0.1) is 0 Å². The molecule has 0 fully saturated rings. The number of rotatable bonds is 2. The summed E-state index contributed by atoms with van der Waals surface area (Å²) in [6.45, 7) is 0. The number of carbonyl (C=O) groups excluding carboxylic acids is 1. The second kappa shape index (κ2) is 2.51. The Hall–Kier alpha value is -0.680. The molecule has 1 nitrogen and oxygen atoms in total. The van der Waals surface area contributed by atoms with Crippen molar-refractivity contribution in [2.45, 2.75) is 18.5 Å². The van der Waals surface area contributed by atoms with Gasteiger partial charge in [0.25, 0.3) is 0 Å². The molecule has 0 aliphatic carbocycles. The predicted octanol–water partition coefficient (Wildman–Crippen LogP) is 1.68. The highest BCUT2D eigenvalue weighted by Gasteiger charge is 2.57. The molecule has 0 aromatic heterocycles. The topological polar surface area (TPSA) is 17.1 Å². The van der Waals surface area contributed by atoms with E-state index in [4.69, 9.17) is 4.79 Å². The quantitative estimate of drug-likeness (QED) is 0.563. The van der Waals surface area contributed by atoms with Crippen LogP contribution in [-0.2, 0) is 4.79 Å². The van der Waals surface area contributed by atoms with Crippen molar-refractivity contribution in [3.63, 3.8) is 0 Å². The second-order valence-electron chi connectivity index (χ2n) is 1.52. The fraction of sp³-hybridized carbons (Fsp3) is 0.750. The standard InChI is InChI=1S/C4H2F5O/c5-3(6,1-2-10)4(7,8)9/h1H2. The van der Waals surface area contributed by atoms with Gasteiger partial charge in [-0.2, -0.15) is 22.0 Å². The van der Waals surface area contributed by atoms with Gasteiger partial charge in [-0.05, 0) is 0 Å². The molecule has 0 atom stereocenters. The highest BCUT2D eigenvalue weighted by molar-refractivity contribution is 5.52. The minimum absolute atomic E-state index is 0.495. The lowest BCUT2D eigenvalue weighted by Crippen LogP contribution is -2.36. The van der Waals surface area contributed by atoms with E-state index in [2.05, 4.69) is 0 Å². The molecule has 1 radical (unpaired) electrons. The number of halogens is 5. The van der Waals surface area contributed by atoms with E-state index in [1.54, 1.807) is 0 Å². The van der Waals surface area contributed by atoms with Gasteiger partial charge in [-0.1, -0.05) is 0 Å². The SMILES string of the molecule is O=[C]CC(F)(F)C(F)(F)F. The van der Waals surface area contributed by atoms with Crippen LogP contribution in [-0.4, -0.2) is 18.4 Å². The highest BCUT2D eigenvalue weighted by Crippen LogP contribution is 2.37. The van der Waals surface area contributed by atoms with Gasteiger partial charge in [0.2, 0.25) is 6.29 Å². The van der Waals surface area contributed by atoms with E-state index in [1.807, 2.05) is 0 Å². The number of hydrogen-bond donors (Lipinski definition) is 0. The molecule has 0 aliphatic rings. The van der Waals surface area contributed by atoms with E-state index in [9.17, 15) is 22.0 Å². The van der Waals surface area contributed by atoms with E-state index in [0.717, 1.165) is 0 Å². The van der Waals surface area contributed by atoms with Gasteiger partial charge in [0, 0.05) is 0 Å². The normalized spacial score (nSPS) is 13.3. The van der Waals surface area contributed by atoms with Crippen LogP contribution in [0.4, 0.5) is 22.0 Å². The number of hydrogen-bond acceptors (Lipinski definition) is 1. The maximum absolute atomic E-state index is 11.5. The van der Waals surface area contributed by atoms with E-state index in [0.29, 0.717) is 6.29 Å². The van der Waals surface area contributed by atoms with Crippen LogP contribution in [0.25, 0.3) is 0 Å². The smallest absolute Gasteiger partial charge is 0.291 e. The molecule has 0 rings (SSSR count). The summed E-state index contributed by atoms with van der Waals surface area (Å²) < 4.78 is 56.4. The molecule has 0 N–H and O–H groups in total. The Morgan fingerprint density at radius 1 is 1.10 bits per heavy atom. The summed E-state index contributed by atoms with van der Waals surface area (Å²) in [5, 5.41) is 0. The molecule has 10 heavy (non-hydrogen) atoms. The van der Waals surface area contributed by atoms with E-state index in [1.165, 1.54) is 0 Å². The third-order valence-corrected chi connectivity index (χ3v) is 0.709. The minimum Gasteiger partial charge on any atom is -0.291 e. The molecule has 0 spiro atoms. The van der Waals surface area contributed by atoms with Crippen molar-refractivity contribution in [1.29, 1.82) is 0 Å². The first-order chi connectivity index (χ1) is 4.31. The van der Waals surface area contributed by atoms with Crippen molar-refractivity contribution in [3.05, 3.63) is 0 Å². The fourth-order valence-electron chi connectivity index (χ4n) is 0.191. The van der Waals surface area contributed by atoms with Crippen LogP contribution in [0.15, 0.2) is 0 Å². The molecule has 0 amide bonds. The summed E-state index contributed by atoms with van der Waals surface area (Å²) in [6, 6.07) is 0. The van der Waals surface area contributed by atoms with E-state index >= 15 is 0 Å². The molecule has 0 aromatic rings.